The topological polar surface area (TPSA) is 70.8 Å². The van der Waals surface area contributed by atoms with E-state index in [1.54, 1.807) is 26.0 Å². The van der Waals surface area contributed by atoms with E-state index in [9.17, 15) is 19.1 Å². The normalized spacial score (nSPS) is 18.1. The fraction of sp³-hybridized carbons (Fsp3) is 0.200. The lowest BCUT2D eigenvalue weighted by atomic mass is 9.98. The Kier molecular flexibility index (Phi) is 5.01. The zero-order chi connectivity index (χ0) is 22.4. The van der Waals surface area contributed by atoms with Gasteiger partial charge in [-0.1, -0.05) is 12.1 Å². The van der Waals surface area contributed by atoms with E-state index in [0.29, 0.717) is 22.8 Å². The first-order valence-corrected chi connectivity index (χ1v) is 9.90. The molecule has 1 aliphatic heterocycles. The van der Waals surface area contributed by atoms with Gasteiger partial charge in [-0.15, -0.1) is 0 Å². The van der Waals surface area contributed by atoms with E-state index in [-0.39, 0.29) is 16.9 Å². The van der Waals surface area contributed by atoms with Crippen molar-refractivity contribution < 1.29 is 23.5 Å². The molecule has 1 saturated heterocycles. The fourth-order valence-electron chi connectivity index (χ4n) is 3.88. The third-order valence-electron chi connectivity index (χ3n) is 5.53. The van der Waals surface area contributed by atoms with Crippen LogP contribution in [0, 0.1) is 33.5 Å². The van der Waals surface area contributed by atoms with Crippen molar-refractivity contribution in [2.75, 3.05) is 4.90 Å². The molecular formula is C25H22FNO4. The van der Waals surface area contributed by atoms with Gasteiger partial charge in [-0.3, -0.25) is 14.5 Å². The Hall–Kier alpha value is -3.67. The number of benzene rings is 2. The molecule has 0 aliphatic carbocycles. The van der Waals surface area contributed by atoms with Crippen molar-refractivity contribution in [2.45, 2.75) is 33.7 Å². The van der Waals surface area contributed by atoms with Crippen LogP contribution in [-0.4, -0.2) is 16.8 Å². The molecule has 0 saturated carbocycles. The van der Waals surface area contributed by atoms with Crippen molar-refractivity contribution >= 4 is 23.1 Å². The number of amides is 1. The van der Waals surface area contributed by atoms with E-state index >= 15 is 0 Å². The molecule has 0 radical (unpaired) electrons. The van der Waals surface area contributed by atoms with Gasteiger partial charge in [0.15, 0.2) is 0 Å². The minimum absolute atomic E-state index is 0.0914. The van der Waals surface area contributed by atoms with E-state index in [0.717, 1.165) is 11.1 Å². The molecule has 1 aliphatic rings. The summed E-state index contributed by atoms with van der Waals surface area (Å²) in [5.74, 6) is -1.40. The molecule has 3 aromatic rings. The molecule has 158 valence electrons. The van der Waals surface area contributed by atoms with Crippen LogP contribution in [0.25, 0.3) is 5.76 Å². The number of ketones is 1. The second kappa shape index (κ2) is 7.54. The van der Waals surface area contributed by atoms with Crippen molar-refractivity contribution in [1.82, 2.24) is 0 Å². The molecule has 1 unspecified atom stereocenters. The maximum Gasteiger partial charge on any atom is 0.300 e. The number of rotatable bonds is 3. The van der Waals surface area contributed by atoms with Crippen LogP contribution in [-0.2, 0) is 9.59 Å². The van der Waals surface area contributed by atoms with E-state index in [4.69, 9.17) is 4.42 Å². The van der Waals surface area contributed by atoms with Gasteiger partial charge in [0.05, 0.1) is 5.57 Å². The quantitative estimate of drug-likeness (QED) is 0.356. The summed E-state index contributed by atoms with van der Waals surface area (Å²) in [7, 11) is 0. The molecule has 4 rings (SSSR count). The molecule has 2 heterocycles. The zero-order valence-corrected chi connectivity index (χ0v) is 17.7. The standard InChI is InChI=1S/C25H22FNO4/c1-13-5-6-14(2)19(11-13)27-22(20-10-7-16(4)31-20)21(24(29)25(27)30)23(28)17-8-9-18(26)15(3)12-17/h5-12,22,28H,1-4H3/b23-21-. The summed E-state index contributed by atoms with van der Waals surface area (Å²) >= 11 is 0. The first-order chi connectivity index (χ1) is 14.7. The van der Waals surface area contributed by atoms with Gasteiger partial charge >= 0.3 is 0 Å². The predicted molar refractivity (Wildman–Crippen MR) is 115 cm³/mol. The Morgan fingerprint density at radius 2 is 1.71 bits per heavy atom. The van der Waals surface area contributed by atoms with Gasteiger partial charge in [0.2, 0.25) is 0 Å². The number of Topliss-reactive ketones (excluding diaryl/α,β-unsaturated/α-hetero) is 1. The van der Waals surface area contributed by atoms with Gasteiger partial charge in [0.25, 0.3) is 11.7 Å². The summed E-state index contributed by atoms with van der Waals surface area (Å²) in [6.45, 7) is 7.07. The molecule has 5 nitrogen and oxygen atoms in total. The van der Waals surface area contributed by atoms with Crippen LogP contribution in [0.5, 0.6) is 0 Å². The molecule has 0 bridgehead atoms. The van der Waals surface area contributed by atoms with Crippen molar-refractivity contribution in [2.24, 2.45) is 0 Å². The van der Waals surface area contributed by atoms with Crippen LogP contribution < -0.4 is 4.90 Å². The summed E-state index contributed by atoms with van der Waals surface area (Å²) in [5.41, 5.74) is 2.77. The lowest BCUT2D eigenvalue weighted by Crippen LogP contribution is -2.30. The Bertz CT molecular complexity index is 1250. The molecule has 31 heavy (non-hydrogen) atoms. The predicted octanol–water partition coefficient (Wildman–Crippen LogP) is 5.28. The number of carbonyl (C=O) groups is 2. The molecule has 2 aromatic carbocycles. The lowest BCUT2D eigenvalue weighted by Gasteiger charge is -2.25. The minimum Gasteiger partial charge on any atom is -0.507 e. The first kappa shape index (κ1) is 20.6. The zero-order valence-electron chi connectivity index (χ0n) is 17.7. The molecule has 0 spiro atoms. The molecule has 6 heteroatoms. The molecular weight excluding hydrogens is 397 g/mol. The fourth-order valence-corrected chi connectivity index (χ4v) is 3.88. The van der Waals surface area contributed by atoms with Gasteiger partial charge in [-0.05, 0) is 80.8 Å². The maximum atomic E-state index is 13.7. The van der Waals surface area contributed by atoms with Gasteiger partial charge < -0.3 is 9.52 Å². The Morgan fingerprint density at radius 1 is 0.968 bits per heavy atom. The summed E-state index contributed by atoms with van der Waals surface area (Å²) in [4.78, 5) is 27.6. The summed E-state index contributed by atoms with van der Waals surface area (Å²) < 4.78 is 19.5. The number of aliphatic hydroxyl groups excluding tert-OH is 1. The highest BCUT2D eigenvalue weighted by atomic mass is 19.1. The van der Waals surface area contributed by atoms with Gasteiger partial charge in [0, 0.05) is 11.3 Å². The monoisotopic (exact) mass is 419 g/mol. The SMILES string of the molecule is Cc1ccc(C)c(N2C(=O)C(=O)/C(=C(\O)c3ccc(F)c(C)c3)C2c2ccc(C)o2)c1. The number of hydrogen-bond donors (Lipinski definition) is 1. The smallest absolute Gasteiger partial charge is 0.300 e. The largest absolute Gasteiger partial charge is 0.507 e. The Balaban J connectivity index is 1.98. The lowest BCUT2D eigenvalue weighted by molar-refractivity contribution is -0.132. The van der Waals surface area contributed by atoms with Gasteiger partial charge in [-0.25, -0.2) is 4.39 Å². The average molecular weight is 419 g/mol. The van der Waals surface area contributed by atoms with Crippen molar-refractivity contribution in [1.29, 1.82) is 0 Å². The Labute approximate surface area is 179 Å². The minimum atomic E-state index is -0.945. The van der Waals surface area contributed by atoms with Crippen LogP contribution in [0.2, 0.25) is 0 Å². The number of anilines is 1. The number of hydrogen-bond acceptors (Lipinski definition) is 4. The highest BCUT2D eigenvalue weighted by Gasteiger charge is 2.48. The van der Waals surface area contributed by atoms with Crippen LogP contribution in [0.15, 0.2) is 58.5 Å². The number of nitrogens with zero attached hydrogens (tertiary/aromatic N) is 1. The summed E-state index contributed by atoms with van der Waals surface area (Å²) in [5, 5.41) is 11.1. The number of aryl methyl sites for hydroxylation is 4. The van der Waals surface area contributed by atoms with E-state index in [1.807, 2.05) is 32.0 Å². The van der Waals surface area contributed by atoms with Crippen LogP contribution in [0.3, 0.4) is 0 Å². The third kappa shape index (κ3) is 3.44. The summed E-state index contributed by atoms with van der Waals surface area (Å²) in [6, 6.07) is 12.1. The number of carbonyl (C=O) groups excluding carboxylic acids is 2. The number of halogens is 1. The van der Waals surface area contributed by atoms with Crippen LogP contribution >= 0.6 is 0 Å². The molecule has 1 fully saturated rings. The number of furan rings is 1. The molecule has 1 N–H and O–H groups in total. The first-order valence-electron chi connectivity index (χ1n) is 9.90. The van der Waals surface area contributed by atoms with Crippen molar-refractivity contribution in [3.05, 3.63) is 93.7 Å². The second-order valence-electron chi connectivity index (χ2n) is 7.87. The number of aliphatic hydroxyl groups is 1. The van der Waals surface area contributed by atoms with Crippen LogP contribution in [0.4, 0.5) is 10.1 Å². The highest BCUT2D eigenvalue weighted by molar-refractivity contribution is 6.51. The van der Waals surface area contributed by atoms with Crippen molar-refractivity contribution in [3.8, 4) is 0 Å². The van der Waals surface area contributed by atoms with E-state index < -0.39 is 23.5 Å². The Morgan fingerprint density at radius 3 is 2.35 bits per heavy atom. The molecule has 1 aromatic heterocycles. The maximum absolute atomic E-state index is 13.7. The highest BCUT2D eigenvalue weighted by Crippen LogP contribution is 2.43. The van der Waals surface area contributed by atoms with Crippen LogP contribution in [0.1, 0.15) is 39.8 Å². The van der Waals surface area contributed by atoms with Crippen molar-refractivity contribution in [3.63, 3.8) is 0 Å². The second-order valence-corrected chi connectivity index (χ2v) is 7.87. The molecule has 1 atom stereocenters. The van der Waals surface area contributed by atoms with Gasteiger partial charge in [-0.2, -0.15) is 0 Å². The van der Waals surface area contributed by atoms with E-state index in [2.05, 4.69) is 0 Å². The van der Waals surface area contributed by atoms with E-state index in [1.165, 1.54) is 23.1 Å². The average Bonchev–Trinajstić information content (AvgIpc) is 3.27. The van der Waals surface area contributed by atoms with Gasteiger partial charge in [0.1, 0.15) is 29.1 Å². The molecule has 1 amide bonds. The summed E-state index contributed by atoms with van der Waals surface area (Å²) in [6.07, 6.45) is 0. The third-order valence-corrected chi connectivity index (χ3v) is 5.53.